The van der Waals surface area contributed by atoms with Crippen LogP contribution in [0.15, 0.2) is 48.5 Å². The van der Waals surface area contributed by atoms with E-state index >= 15 is 0 Å². The molecule has 5 rings (SSSR count). The number of hydrogen-bond acceptors (Lipinski definition) is 6. The van der Waals surface area contributed by atoms with Gasteiger partial charge < -0.3 is 24.4 Å². The summed E-state index contributed by atoms with van der Waals surface area (Å²) in [7, 11) is 1.69. The molecule has 2 saturated heterocycles. The third kappa shape index (κ3) is 4.71. The number of fused-ring (bicyclic) bond motifs is 2. The van der Waals surface area contributed by atoms with E-state index in [-0.39, 0.29) is 11.3 Å². The SMILES string of the molecule is COc1ccc(CN2C[C@]3(CO[C@H](C(=O)NCCN4CCOCC4)C3)c3ccccc32)cc1. The van der Waals surface area contributed by atoms with Gasteiger partial charge in [0, 0.05) is 50.4 Å². The van der Waals surface area contributed by atoms with Gasteiger partial charge >= 0.3 is 0 Å². The molecule has 1 spiro atoms. The molecule has 2 aromatic rings. The van der Waals surface area contributed by atoms with E-state index in [1.807, 2.05) is 12.1 Å². The van der Waals surface area contributed by atoms with Crippen LogP contribution in [-0.2, 0) is 26.2 Å². The van der Waals surface area contributed by atoms with E-state index in [0.29, 0.717) is 19.6 Å². The number of ether oxygens (including phenoxy) is 3. The zero-order valence-corrected chi connectivity index (χ0v) is 19.3. The Balaban J connectivity index is 1.22. The van der Waals surface area contributed by atoms with Crippen LogP contribution in [0.4, 0.5) is 5.69 Å². The third-order valence-electron chi connectivity index (χ3n) is 7.10. The van der Waals surface area contributed by atoms with Crippen molar-refractivity contribution < 1.29 is 19.0 Å². The lowest BCUT2D eigenvalue weighted by Crippen LogP contribution is -2.43. The molecule has 7 heteroatoms. The number of nitrogens with zero attached hydrogens (tertiary/aromatic N) is 2. The Morgan fingerprint density at radius 3 is 2.73 bits per heavy atom. The maximum atomic E-state index is 12.9. The van der Waals surface area contributed by atoms with E-state index < -0.39 is 6.10 Å². The Morgan fingerprint density at radius 2 is 1.94 bits per heavy atom. The van der Waals surface area contributed by atoms with E-state index in [0.717, 1.165) is 51.7 Å². The maximum absolute atomic E-state index is 12.9. The molecule has 0 unspecified atom stereocenters. The third-order valence-corrected chi connectivity index (χ3v) is 7.10. The van der Waals surface area contributed by atoms with Gasteiger partial charge in [0.1, 0.15) is 11.9 Å². The van der Waals surface area contributed by atoms with Crippen LogP contribution in [0.2, 0.25) is 0 Å². The van der Waals surface area contributed by atoms with Crippen LogP contribution in [0, 0.1) is 0 Å². The number of carbonyl (C=O) groups excluding carboxylic acids is 1. The first-order chi connectivity index (χ1) is 16.2. The predicted octanol–water partition coefficient (Wildman–Crippen LogP) is 2.19. The summed E-state index contributed by atoms with van der Waals surface area (Å²) < 4.78 is 16.8. The summed E-state index contributed by atoms with van der Waals surface area (Å²) in [4.78, 5) is 17.6. The Bertz CT molecular complexity index is 960. The summed E-state index contributed by atoms with van der Waals surface area (Å²) in [6.07, 6.45) is 0.315. The number of anilines is 1. The van der Waals surface area contributed by atoms with Crippen LogP contribution in [-0.4, -0.2) is 76.6 Å². The molecule has 176 valence electrons. The van der Waals surface area contributed by atoms with Gasteiger partial charge in [-0.05, 0) is 35.7 Å². The Hall–Kier alpha value is -2.61. The highest BCUT2D eigenvalue weighted by molar-refractivity contribution is 5.81. The fraction of sp³-hybridized carbons (Fsp3) is 0.500. The summed E-state index contributed by atoms with van der Waals surface area (Å²) in [5, 5.41) is 3.09. The average Bonchev–Trinajstić information content (AvgIpc) is 3.42. The molecule has 33 heavy (non-hydrogen) atoms. The van der Waals surface area contributed by atoms with E-state index in [1.54, 1.807) is 7.11 Å². The van der Waals surface area contributed by atoms with Crippen molar-refractivity contribution in [3.63, 3.8) is 0 Å². The second-order valence-corrected chi connectivity index (χ2v) is 9.25. The highest BCUT2D eigenvalue weighted by Crippen LogP contribution is 2.47. The van der Waals surface area contributed by atoms with Crippen LogP contribution >= 0.6 is 0 Å². The molecule has 0 bridgehead atoms. The molecular weight excluding hydrogens is 418 g/mol. The van der Waals surface area contributed by atoms with Gasteiger partial charge in [-0.1, -0.05) is 30.3 Å². The van der Waals surface area contributed by atoms with Gasteiger partial charge in [0.05, 0.1) is 26.9 Å². The van der Waals surface area contributed by atoms with Gasteiger partial charge in [0.15, 0.2) is 0 Å². The molecule has 2 aromatic carbocycles. The lowest BCUT2D eigenvalue weighted by atomic mass is 9.80. The zero-order valence-electron chi connectivity index (χ0n) is 19.3. The first-order valence-corrected chi connectivity index (χ1v) is 11.8. The quantitative estimate of drug-likeness (QED) is 0.696. The van der Waals surface area contributed by atoms with Gasteiger partial charge in [0.25, 0.3) is 0 Å². The summed E-state index contributed by atoms with van der Waals surface area (Å²) in [6.45, 7) is 7.15. The molecule has 2 atom stereocenters. The molecule has 0 aliphatic carbocycles. The Labute approximate surface area is 195 Å². The predicted molar refractivity (Wildman–Crippen MR) is 127 cm³/mol. The summed E-state index contributed by atoms with van der Waals surface area (Å²) in [5.74, 6) is 0.870. The first kappa shape index (κ1) is 22.2. The molecule has 1 amide bonds. The number of methoxy groups -OCH3 is 1. The van der Waals surface area contributed by atoms with E-state index in [4.69, 9.17) is 14.2 Å². The molecule has 7 nitrogen and oxygen atoms in total. The fourth-order valence-corrected chi connectivity index (χ4v) is 5.30. The van der Waals surface area contributed by atoms with Gasteiger partial charge in [-0.15, -0.1) is 0 Å². The smallest absolute Gasteiger partial charge is 0.249 e. The second kappa shape index (κ2) is 9.71. The number of para-hydroxylation sites is 1. The van der Waals surface area contributed by atoms with Crippen molar-refractivity contribution in [2.24, 2.45) is 0 Å². The number of carbonyl (C=O) groups is 1. The summed E-state index contributed by atoms with van der Waals surface area (Å²) in [6, 6.07) is 16.8. The maximum Gasteiger partial charge on any atom is 0.249 e. The summed E-state index contributed by atoms with van der Waals surface area (Å²) >= 11 is 0. The number of amides is 1. The van der Waals surface area contributed by atoms with Crippen LogP contribution in [0.25, 0.3) is 0 Å². The molecule has 1 N–H and O–H groups in total. The molecule has 0 radical (unpaired) electrons. The summed E-state index contributed by atoms with van der Waals surface area (Å²) in [5.41, 5.74) is 3.63. The average molecular weight is 452 g/mol. The van der Waals surface area contributed by atoms with Gasteiger partial charge in [-0.2, -0.15) is 0 Å². The van der Waals surface area contributed by atoms with Crippen molar-refractivity contribution in [1.82, 2.24) is 10.2 Å². The van der Waals surface area contributed by atoms with Crippen molar-refractivity contribution in [1.29, 1.82) is 0 Å². The van der Waals surface area contributed by atoms with Crippen molar-refractivity contribution in [3.05, 3.63) is 59.7 Å². The van der Waals surface area contributed by atoms with E-state index in [1.165, 1.54) is 16.8 Å². The highest BCUT2D eigenvalue weighted by atomic mass is 16.5. The Kier molecular flexibility index (Phi) is 6.53. The minimum atomic E-state index is -0.399. The fourth-order valence-electron chi connectivity index (χ4n) is 5.30. The minimum absolute atomic E-state index is 0.00576. The van der Waals surface area contributed by atoms with Crippen molar-refractivity contribution in [3.8, 4) is 5.75 Å². The molecular formula is C26H33N3O4. The number of benzene rings is 2. The van der Waals surface area contributed by atoms with Crippen molar-refractivity contribution in [2.75, 3.05) is 64.6 Å². The number of rotatable bonds is 7. The van der Waals surface area contributed by atoms with Crippen molar-refractivity contribution >= 4 is 11.6 Å². The van der Waals surface area contributed by atoms with Crippen LogP contribution in [0.3, 0.4) is 0 Å². The van der Waals surface area contributed by atoms with Crippen molar-refractivity contribution in [2.45, 2.75) is 24.5 Å². The minimum Gasteiger partial charge on any atom is -0.497 e. The molecule has 0 saturated carbocycles. The second-order valence-electron chi connectivity index (χ2n) is 9.25. The molecule has 0 aromatic heterocycles. The lowest BCUT2D eigenvalue weighted by molar-refractivity contribution is -0.130. The molecule has 3 heterocycles. The first-order valence-electron chi connectivity index (χ1n) is 11.8. The van der Waals surface area contributed by atoms with Gasteiger partial charge in [0.2, 0.25) is 5.91 Å². The van der Waals surface area contributed by atoms with E-state index in [9.17, 15) is 4.79 Å². The highest BCUT2D eigenvalue weighted by Gasteiger charge is 2.50. The zero-order chi connectivity index (χ0) is 22.7. The molecule has 2 fully saturated rings. The largest absolute Gasteiger partial charge is 0.497 e. The van der Waals surface area contributed by atoms with Gasteiger partial charge in [-0.25, -0.2) is 0 Å². The topological polar surface area (TPSA) is 63.3 Å². The standard InChI is InChI=1S/C26H33N3O4/c1-31-21-8-6-20(7-9-21)17-29-18-26(22-4-2-3-5-23(22)29)16-24(33-19-26)25(30)27-10-11-28-12-14-32-15-13-28/h2-9,24H,10-19H2,1H3,(H,27,30)/t24-,26+/m0/s1. The number of hydrogen-bond donors (Lipinski definition) is 1. The number of nitrogens with one attached hydrogen (secondary N) is 1. The Morgan fingerprint density at radius 1 is 1.15 bits per heavy atom. The molecule has 3 aliphatic rings. The number of morpholine rings is 1. The van der Waals surface area contributed by atoms with Crippen LogP contribution in [0.1, 0.15) is 17.5 Å². The monoisotopic (exact) mass is 451 g/mol. The molecule has 3 aliphatic heterocycles. The van der Waals surface area contributed by atoms with Crippen LogP contribution in [0.5, 0.6) is 5.75 Å². The van der Waals surface area contributed by atoms with Gasteiger partial charge in [-0.3, -0.25) is 9.69 Å². The lowest BCUT2D eigenvalue weighted by Gasteiger charge is -2.26. The van der Waals surface area contributed by atoms with Crippen LogP contribution < -0.4 is 15.0 Å². The normalized spacial score (nSPS) is 24.8. The van der Waals surface area contributed by atoms with E-state index in [2.05, 4.69) is 51.5 Å².